The summed E-state index contributed by atoms with van der Waals surface area (Å²) in [6, 6.07) is 10.3. The Hall–Kier alpha value is -2.34. The van der Waals surface area contributed by atoms with Crippen LogP contribution in [0, 0.1) is 0 Å². The normalized spacial score (nSPS) is 11.2. The Kier molecular flexibility index (Phi) is 3.50. The van der Waals surface area contributed by atoms with E-state index in [4.69, 9.17) is 5.11 Å². The van der Waals surface area contributed by atoms with Crippen molar-refractivity contribution in [3.8, 4) is 16.9 Å². The minimum absolute atomic E-state index is 0.193. The van der Waals surface area contributed by atoms with Gasteiger partial charge in [-0.15, -0.1) is 0 Å². The second-order valence-corrected chi connectivity index (χ2v) is 6.35. The molecule has 0 aliphatic heterocycles. The topological polar surface area (TPSA) is 91.7 Å². The van der Waals surface area contributed by atoms with Crippen LogP contribution >= 0.6 is 0 Å². The molecule has 0 bridgehead atoms. The molecule has 0 amide bonds. The highest BCUT2D eigenvalue weighted by atomic mass is 32.2. The molecule has 2 rings (SSSR count). The Balaban J connectivity index is 2.47. The quantitative estimate of drug-likeness (QED) is 0.904. The fourth-order valence-electron chi connectivity index (χ4n) is 1.78. The molecule has 20 heavy (non-hydrogen) atoms. The largest absolute Gasteiger partial charge is 0.507 e. The summed E-state index contributed by atoms with van der Waals surface area (Å²) in [6.45, 7) is 0. The molecule has 0 aromatic heterocycles. The second kappa shape index (κ2) is 4.97. The molecule has 0 radical (unpaired) electrons. The lowest BCUT2D eigenvalue weighted by atomic mass is 10.0. The van der Waals surface area contributed by atoms with Gasteiger partial charge in [0.05, 0.1) is 4.90 Å². The van der Waals surface area contributed by atoms with Crippen molar-refractivity contribution in [3.63, 3.8) is 0 Å². The number of aromatic carboxylic acids is 1. The third-order valence-corrected chi connectivity index (χ3v) is 3.97. The Morgan fingerprint density at radius 1 is 1.00 bits per heavy atom. The van der Waals surface area contributed by atoms with Crippen molar-refractivity contribution in [1.82, 2.24) is 0 Å². The maximum absolute atomic E-state index is 11.4. The summed E-state index contributed by atoms with van der Waals surface area (Å²) < 4.78 is 22.7. The maximum atomic E-state index is 11.4. The van der Waals surface area contributed by atoms with Gasteiger partial charge in [0.25, 0.3) is 0 Å². The van der Waals surface area contributed by atoms with Gasteiger partial charge in [-0.1, -0.05) is 18.2 Å². The number of hydrogen-bond donors (Lipinski definition) is 2. The van der Waals surface area contributed by atoms with Crippen LogP contribution in [0.25, 0.3) is 11.1 Å². The summed E-state index contributed by atoms with van der Waals surface area (Å²) in [4.78, 5) is 11.1. The van der Waals surface area contributed by atoms with E-state index in [9.17, 15) is 18.3 Å². The van der Waals surface area contributed by atoms with E-state index in [1.54, 1.807) is 18.2 Å². The number of phenols is 1. The molecule has 0 fully saturated rings. The fourth-order valence-corrected chi connectivity index (χ4v) is 2.41. The zero-order valence-electron chi connectivity index (χ0n) is 10.6. The van der Waals surface area contributed by atoms with Crippen molar-refractivity contribution in [1.29, 1.82) is 0 Å². The van der Waals surface area contributed by atoms with E-state index in [1.165, 1.54) is 24.3 Å². The molecule has 5 nitrogen and oxygen atoms in total. The smallest absolute Gasteiger partial charge is 0.339 e. The number of aromatic hydroxyl groups is 1. The first-order valence-corrected chi connectivity index (χ1v) is 7.55. The summed E-state index contributed by atoms with van der Waals surface area (Å²) in [5.74, 6) is -1.54. The fraction of sp³-hybridized carbons (Fsp3) is 0.0714. The highest BCUT2D eigenvalue weighted by Gasteiger charge is 2.12. The molecular formula is C14H12O5S. The third kappa shape index (κ3) is 2.80. The number of carbonyl (C=O) groups is 1. The molecule has 2 N–H and O–H groups in total. The Bertz CT molecular complexity index is 761. The summed E-state index contributed by atoms with van der Waals surface area (Å²) >= 11 is 0. The van der Waals surface area contributed by atoms with E-state index >= 15 is 0 Å². The van der Waals surface area contributed by atoms with Gasteiger partial charge in [0, 0.05) is 6.26 Å². The molecule has 104 valence electrons. The van der Waals surface area contributed by atoms with Gasteiger partial charge in [-0.25, -0.2) is 13.2 Å². The number of sulfone groups is 1. The predicted molar refractivity (Wildman–Crippen MR) is 73.6 cm³/mol. The lowest BCUT2D eigenvalue weighted by molar-refractivity contribution is 0.0694. The minimum atomic E-state index is -3.26. The van der Waals surface area contributed by atoms with E-state index in [0.29, 0.717) is 11.1 Å². The lowest BCUT2D eigenvalue weighted by Gasteiger charge is -2.06. The van der Waals surface area contributed by atoms with Gasteiger partial charge < -0.3 is 10.2 Å². The number of rotatable bonds is 3. The minimum Gasteiger partial charge on any atom is -0.507 e. The average molecular weight is 292 g/mol. The molecule has 2 aromatic rings. The van der Waals surface area contributed by atoms with Crippen LogP contribution in [-0.2, 0) is 9.84 Å². The van der Waals surface area contributed by atoms with Crippen molar-refractivity contribution < 1.29 is 23.4 Å². The maximum Gasteiger partial charge on any atom is 0.339 e. The second-order valence-electron chi connectivity index (χ2n) is 4.33. The van der Waals surface area contributed by atoms with Crippen LogP contribution in [0.5, 0.6) is 5.75 Å². The number of carboxylic acids is 1. The molecule has 0 atom stereocenters. The first-order valence-electron chi connectivity index (χ1n) is 5.66. The van der Waals surface area contributed by atoms with Crippen molar-refractivity contribution in [2.45, 2.75) is 4.90 Å². The number of carboxylic acid groups (broad SMARTS) is 1. The molecule has 2 aromatic carbocycles. The zero-order chi connectivity index (χ0) is 14.9. The number of benzene rings is 2. The van der Waals surface area contributed by atoms with Crippen LogP contribution in [0.15, 0.2) is 47.4 Å². The van der Waals surface area contributed by atoms with Gasteiger partial charge in [-0.2, -0.15) is 0 Å². The van der Waals surface area contributed by atoms with E-state index in [1.807, 2.05) is 0 Å². The lowest BCUT2D eigenvalue weighted by Crippen LogP contribution is -1.98. The summed E-state index contributed by atoms with van der Waals surface area (Å²) in [7, 11) is -3.26. The van der Waals surface area contributed by atoms with Crippen LogP contribution in [-0.4, -0.2) is 30.9 Å². The van der Waals surface area contributed by atoms with Gasteiger partial charge in [-0.3, -0.25) is 0 Å². The Labute approximate surface area is 116 Å². The standard InChI is InChI=1S/C14H12O5S/c1-20(18,19)11-5-2-9(3-6-11)10-4-7-13(15)12(8-10)14(16)17/h2-8,15H,1H3,(H,16,17). The molecule has 0 aliphatic rings. The van der Waals surface area contributed by atoms with Gasteiger partial charge >= 0.3 is 5.97 Å². The average Bonchev–Trinajstić information content (AvgIpc) is 2.38. The molecule has 0 unspecified atom stereocenters. The Morgan fingerprint density at radius 3 is 2.05 bits per heavy atom. The van der Waals surface area contributed by atoms with Gasteiger partial charge in [-0.05, 0) is 35.4 Å². The first-order chi connectivity index (χ1) is 9.29. The van der Waals surface area contributed by atoms with Crippen LogP contribution in [0.1, 0.15) is 10.4 Å². The van der Waals surface area contributed by atoms with Crippen molar-refractivity contribution in [2.75, 3.05) is 6.26 Å². The SMILES string of the molecule is CS(=O)(=O)c1ccc(-c2ccc(O)c(C(=O)O)c2)cc1. The molecule has 0 heterocycles. The van der Waals surface area contributed by atoms with Crippen molar-refractivity contribution in [3.05, 3.63) is 48.0 Å². The third-order valence-electron chi connectivity index (χ3n) is 2.84. The molecular weight excluding hydrogens is 280 g/mol. The first kappa shape index (κ1) is 14.1. The van der Waals surface area contributed by atoms with Crippen molar-refractivity contribution >= 4 is 15.8 Å². The highest BCUT2D eigenvalue weighted by molar-refractivity contribution is 7.90. The summed E-state index contributed by atoms with van der Waals surface area (Å²) in [5.41, 5.74) is 1.05. The van der Waals surface area contributed by atoms with Gasteiger partial charge in [0.1, 0.15) is 11.3 Å². The van der Waals surface area contributed by atoms with Crippen LogP contribution in [0.2, 0.25) is 0 Å². The molecule has 6 heteroatoms. The van der Waals surface area contributed by atoms with Crippen LogP contribution < -0.4 is 0 Å². The van der Waals surface area contributed by atoms with Crippen LogP contribution in [0.4, 0.5) is 0 Å². The van der Waals surface area contributed by atoms with E-state index in [0.717, 1.165) is 6.26 Å². The van der Waals surface area contributed by atoms with E-state index in [-0.39, 0.29) is 16.2 Å². The zero-order valence-corrected chi connectivity index (χ0v) is 11.4. The van der Waals surface area contributed by atoms with E-state index < -0.39 is 15.8 Å². The van der Waals surface area contributed by atoms with E-state index in [2.05, 4.69) is 0 Å². The number of hydrogen-bond acceptors (Lipinski definition) is 4. The predicted octanol–water partition coefficient (Wildman–Crippen LogP) is 2.16. The summed E-state index contributed by atoms with van der Waals surface area (Å²) in [5, 5.41) is 18.4. The van der Waals surface area contributed by atoms with Crippen LogP contribution in [0.3, 0.4) is 0 Å². The van der Waals surface area contributed by atoms with Gasteiger partial charge in [0.15, 0.2) is 9.84 Å². The summed E-state index contributed by atoms with van der Waals surface area (Å²) in [6.07, 6.45) is 1.12. The molecule has 0 spiro atoms. The molecule has 0 saturated carbocycles. The highest BCUT2D eigenvalue weighted by Crippen LogP contribution is 2.26. The van der Waals surface area contributed by atoms with Crippen molar-refractivity contribution in [2.24, 2.45) is 0 Å². The van der Waals surface area contributed by atoms with Gasteiger partial charge in [0.2, 0.25) is 0 Å². The Morgan fingerprint density at radius 2 is 1.55 bits per heavy atom. The monoisotopic (exact) mass is 292 g/mol. The molecule has 0 saturated heterocycles. The molecule has 0 aliphatic carbocycles.